The molecule has 1 aliphatic heterocycles. The fraction of sp³-hybridized carbons (Fsp3) is 0.533. The summed E-state index contributed by atoms with van der Waals surface area (Å²) < 4.78 is 5.22. The molecule has 7 N–H and O–H groups in total. The standard InChI is InChI=1S/C12H20N2O3.C11H14O.C7H10N2.2H3N.3H2/c1-10(15)11-9-17-8-7-14(11)12(16)5-4-6-13(2)3;1-8-5-4-6-11(7-8)9(2)10(3)12;1-5-4-7(9-8-5)6-2-3-6;;;;;/h4-5,11H,6-9H2,1-3H3;4-7,9H,1-3H3;4,6H,2-3H2,1H3,(H,8,9);2*1H3;3*1H/b5-4+;;;;;;;. The minimum absolute atomic E-state index is 0. The van der Waals surface area contributed by atoms with Crippen molar-refractivity contribution in [1.29, 1.82) is 0 Å². The van der Waals surface area contributed by atoms with Gasteiger partial charge in [-0.15, -0.1) is 0 Å². The van der Waals surface area contributed by atoms with Crippen LogP contribution in [0, 0.1) is 13.8 Å². The number of ketones is 2. The predicted octanol–water partition coefficient (Wildman–Crippen LogP) is 5.27. The quantitative estimate of drug-likeness (QED) is 0.383. The number of carbonyl (C=O) groups is 3. The number of aromatic amines is 1. The van der Waals surface area contributed by atoms with Crippen molar-refractivity contribution in [2.75, 3.05) is 40.4 Å². The Labute approximate surface area is 244 Å². The summed E-state index contributed by atoms with van der Waals surface area (Å²) in [6.07, 6.45) is 6.00. The molecule has 1 amide bonds. The zero-order valence-corrected chi connectivity index (χ0v) is 25.4. The van der Waals surface area contributed by atoms with Gasteiger partial charge < -0.3 is 26.8 Å². The molecule has 1 aliphatic carbocycles. The first-order valence-corrected chi connectivity index (χ1v) is 13.3. The average Bonchev–Trinajstić information content (AvgIpc) is 3.64. The molecule has 230 valence electrons. The van der Waals surface area contributed by atoms with E-state index in [0.29, 0.717) is 26.3 Å². The first-order chi connectivity index (χ1) is 18.0. The van der Waals surface area contributed by atoms with Gasteiger partial charge in [0, 0.05) is 41.0 Å². The Morgan fingerprint density at radius 1 is 1.18 bits per heavy atom. The van der Waals surface area contributed by atoms with Crippen LogP contribution in [0.1, 0.15) is 72.2 Å². The summed E-state index contributed by atoms with van der Waals surface area (Å²) in [6, 6.07) is 9.80. The van der Waals surface area contributed by atoms with E-state index in [2.05, 4.69) is 22.3 Å². The van der Waals surface area contributed by atoms with Crippen LogP contribution >= 0.6 is 0 Å². The Kier molecular flexibility index (Phi) is 16.8. The highest BCUT2D eigenvalue weighted by Gasteiger charge is 2.29. The second-order valence-corrected chi connectivity index (χ2v) is 10.4. The lowest BCUT2D eigenvalue weighted by Crippen LogP contribution is -2.51. The predicted molar refractivity (Wildman–Crippen MR) is 167 cm³/mol. The van der Waals surface area contributed by atoms with Gasteiger partial charge in [0.25, 0.3) is 0 Å². The van der Waals surface area contributed by atoms with Crippen molar-refractivity contribution in [2.24, 2.45) is 0 Å². The lowest BCUT2D eigenvalue weighted by molar-refractivity contribution is -0.142. The van der Waals surface area contributed by atoms with E-state index >= 15 is 0 Å². The fourth-order valence-corrected chi connectivity index (χ4v) is 3.87. The highest BCUT2D eigenvalue weighted by atomic mass is 16.5. The second kappa shape index (κ2) is 18.2. The number of aryl methyl sites for hydroxylation is 2. The molecule has 1 saturated carbocycles. The van der Waals surface area contributed by atoms with Gasteiger partial charge in [0.1, 0.15) is 11.8 Å². The number of H-pyrrole nitrogens is 1. The number of morpholine rings is 1. The Morgan fingerprint density at radius 2 is 1.85 bits per heavy atom. The van der Waals surface area contributed by atoms with Crippen molar-refractivity contribution >= 4 is 17.5 Å². The van der Waals surface area contributed by atoms with Gasteiger partial charge >= 0.3 is 0 Å². The Balaban J connectivity index is -0.000000260. The zero-order valence-electron chi connectivity index (χ0n) is 25.4. The number of hydrogen-bond acceptors (Lipinski definition) is 8. The number of likely N-dealkylation sites (N-methyl/N-ethyl adjacent to an activating group) is 1. The summed E-state index contributed by atoms with van der Waals surface area (Å²) in [5.74, 6) is 0.898. The van der Waals surface area contributed by atoms with Crippen LogP contribution in [0.2, 0.25) is 0 Å². The van der Waals surface area contributed by atoms with Gasteiger partial charge in [-0.25, -0.2) is 0 Å². The summed E-state index contributed by atoms with van der Waals surface area (Å²) in [7, 11) is 3.86. The van der Waals surface area contributed by atoms with E-state index in [1.165, 1.54) is 42.8 Å². The first kappa shape index (κ1) is 36.8. The Bertz CT molecular complexity index is 1110. The maximum atomic E-state index is 11.9. The number of aromatic nitrogens is 2. The van der Waals surface area contributed by atoms with E-state index in [0.717, 1.165) is 11.5 Å². The summed E-state index contributed by atoms with van der Waals surface area (Å²) in [4.78, 5) is 37.9. The summed E-state index contributed by atoms with van der Waals surface area (Å²) in [6.45, 7) is 11.1. The van der Waals surface area contributed by atoms with Gasteiger partial charge in [-0.2, -0.15) is 5.10 Å². The lowest BCUT2D eigenvalue weighted by Gasteiger charge is -2.33. The minimum atomic E-state index is -0.430. The van der Waals surface area contributed by atoms with Crippen LogP contribution in [0.25, 0.3) is 0 Å². The van der Waals surface area contributed by atoms with Crippen LogP contribution in [0.5, 0.6) is 0 Å². The molecular formula is C30H56N6O4. The molecule has 1 saturated heterocycles. The van der Waals surface area contributed by atoms with Crippen molar-refractivity contribution in [2.45, 2.75) is 65.3 Å². The monoisotopic (exact) mass is 564 g/mol. The topological polar surface area (TPSA) is 166 Å². The lowest BCUT2D eigenvalue weighted by atomic mass is 9.96. The van der Waals surface area contributed by atoms with Gasteiger partial charge in [0.2, 0.25) is 5.91 Å². The largest absolute Gasteiger partial charge is 0.377 e. The number of amides is 1. The molecule has 10 nitrogen and oxygen atoms in total. The molecule has 2 aliphatic rings. The van der Waals surface area contributed by atoms with Crippen LogP contribution in [0.3, 0.4) is 0 Å². The van der Waals surface area contributed by atoms with Crippen molar-refractivity contribution < 1.29 is 23.4 Å². The molecule has 0 bridgehead atoms. The molecule has 2 fully saturated rings. The number of ether oxygens (including phenoxy) is 1. The van der Waals surface area contributed by atoms with Gasteiger partial charge in [0.15, 0.2) is 5.78 Å². The fourth-order valence-electron chi connectivity index (χ4n) is 3.87. The first-order valence-electron chi connectivity index (χ1n) is 13.3. The van der Waals surface area contributed by atoms with Gasteiger partial charge in [-0.3, -0.25) is 19.5 Å². The van der Waals surface area contributed by atoms with Gasteiger partial charge in [-0.05, 0) is 66.3 Å². The number of nitrogens with zero attached hydrogens (tertiary/aromatic N) is 3. The molecule has 2 aromatic rings. The molecule has 0 radical (unpaired) electrons. The highest BCUT2D eigenvalue weighted by Crippen LogP contribution is 2.38. The van der Waals surface area contributed by atoms with Crippen LogP contribution < -0.4 is 12.3 Å². The molecule has 4 rings (SSSR count). The third-order valence-electron chi connectivity index (χ3n) is 6.49. The third kappa shape index (κ3) is 12.8. The van der Waals surface area contributed by atoms with Gasteiger partial charge in [0.05, 0.1) is 18.9 Å². The number of benzene rings is 1. The van der Waals surface area contributed by atoms with E-state index in [1.807, 2.05) is 58.0 Å². The van der Waals surface area contributed by atoms with Crippen molar-refractivity contribution in [1.82, 2.24) is 32.3 Å². The number of carbonyl (C=O) groups excluding carboxylic acids is 3. The average molecular weight is 565 g/mol. The molecule has 40 heavy (non-hydrogen) atoms. The normalized spacial score (nSPS) is 16.9. The number of hydrogen-bond donors (Lipinski definition) is 3. The second-order valence-electron chi connectivity index (χ2n) is 10.4. The van der Waals surface area contributed by atoms with Crippen molar-refractivity contribution in [3.8, 4) is 0 Å². The molecule has 1 aromatic carbocycles. The summed E-state index contributed by atoms with van der Waals surface area (Å²) >= 11 is 0. The number of nitrogens with one attached hydrogen (secondary N) is 1. The van der Waals surface area contributed by atoms with Crippen molar-refractivity contribution in [3.05, 3.63) is 65.0 Å². The van der Waals surface area contributed by atoms with E-state index in [1.54, 1.807) is 17.9 Å². The van der Waals surface area contributed by atoms with Crippen LogP contribution in [-0.2, 0) is 19.1 Å². The highest BCUT2D eigenvalue weighted by molar-refractivity contribution is 5.93. The third-order valence-corrected chi connectivity index (χ3v) is 6.49. The summed E-state index contributed by atoms with van der Waals surface area (Å²) in [5, 5.41) is 7.09. The zero-order chi connectivity index (χ0) is 28.2. The van der Waals surface area contributed by atoms with E-state index < -0.39 is 6.04 Å². The number of rotatable bonds is 7. The Morgan fingerprint density at radius 3 is 2.35 bits per heavy atom. The SMILES string of the molecule is CC(=O)C(C)c1cccc(C)c1.CC(=O)C1COCCN1C(=O)/C=C/CN(C)C.Cc1cc(C2CC2)n[nH]1.N.N.[HH].[HH].[HH]. The summed E-state index contributed by atoms with van der Waals surface area (Å²) in [5.41, 5.74) is 4.76. The maximum Gasteiger partial charge on any atom is 0.247 e. The number of Topliss-reactive ketones (excluding diaryl/α,β-unsaturated/α-hetero) is 2. The molecule has 2 unspecified atom stereocenters. The maximum absolute atomic E-state index is 11.9. The molecule has 2 atom stereocenters. The molecular weight excluding hydrogens is 508 g/mol. The Hall–Kier alpha value is -3.18. The van der Waals surface area contributed by atoms with Crippen LogP contribution in [0.15, 0.2) is 42.5 Å². The van der Waals surface area contributed by atoms with Crippen LogP contribution in [0.4, 0.5) is 0 Å². The van der Waals surface area contributed by atoms with E-state index in [-0.39, 0.29) is 40.0 Å². The van der Waals surface area contributed by atoms with Gasteiger partial charge in [-0.1, -0.05) is 42.8 Å². The van der Waals surface area contributed by atoms with E-state index in [9.17, 15) is 14.4 Å². The molecule has 0 spiro atoms. The smallest absolute Gasteiger partial charge is 0.247 e. The molecule has 2 heterocycles. The molecule has 1 aromatic heterocycles. The van der Waals surface area contributed by atoms with Crippen molar-refractivity contribution in [3.63, 3.8) is 0 Å². The van der Waals surface area contributed by atoms with Crippen LogP contribution in [-0.4, -0.2) is 83.9 Å². The van der Waals surface area contributed by atoms with E-state index in [4.69, 9.17) is 4.74 Å². The minimum Gasteiger partial charge on any atom is -0.377 e. The molecule has 10 heteroatoms.